The predicted molar refractivity (Wildman–Crippen MR) is 218 cm³/mol. The molecular weight excluding hydrogens is 725 g/mol. The molecule has 1 unspecified atom stereocenters. The Morgan fingerprint density at radius 1 is 0.965 bits per heavy atom. The van der Waals surface area contributed by atoms with Crippen LogP contribution in [0.5, 0.6) is 5.75 Å². The summed E-state index contributed by atoms with van der Waals surface area (Å²) in [5, 5.41) is 26.2. The van der Waals surface area contributed by atoms with Crippen molar-refractivity contribution in [2.45, 2.75) is 93.4 Å². The van der Waals surface area contributed by atoms with Gasteiger partial charge in [0.05, 0.1) is 33.0 Å². The summed E-state index contributed by atoms with van der Waals surface area (Å²) in [4.78, 5) is 40.3. The lowest BCUT2D eigenvalue weighted by atomic mass is 9.45. The Bertz CT molecular complexity index is 2140. The van der Waals surface area contributed by atoms with Crippen molar-refractivity contribution >= 4 is 28.5 Å². The van der Waals surface area contributed by atoms with Crippen molar-refractivity contribution < 1.29 is 39.5 Å². The van der Waals surface area contributed by atoms with E-state index in [1.807, 2.05) is 39.1 Å². The van der Waals surface area contributed by atoms with Crippen molar-refractivity contribution in [2.24, 2.45) is 17.3 Å². The summed E-state index contributed by atoms with van der Waals surface area (Å²) < 4.78 is 17.9. The number of carbonyl (C=O) groups excluding carboxylic acids is 2. The smallest absolute Gasteiger partial charge is 0.340 e. The van der Waals surface area contributed by atoms with E-state index in [4.69, 9.17) is 14.2 Å². The van der Waals surface area contributed by atoms with Gasteiger partial charge in [-0.3, -0.25) is 14.6 Å². The van der Waals surface area contributed by atoms with Gasteiger partial charge in [0.15, 0.2) is 5.60 Å². The fourth-order valence-electron chi connectivity index (χ4n) is 13.6. The number of aromatic nitrogens is 1. The first-order valence-electron chi connectivity index (χ1n) is 20.6. The van der Waals surface area contributed by atoms with Crippen LogP contribution in [0.4, 0.5) is 5.69 Å². The van der Waals surface area contributed by atoms with Gasteiger partial charge in [-0.05, 0) is 74.2 Å². The number of carbonyl (C=O) groups is 2. The molecular formula is C45H60N4O8. The Kier molecular flexibility index (Phi) is 9.48. The van der Waals surface area contributed by atoms with Crippen molar-refractivity contribution in [3.05, 3.63) is 70.9 Å². The van der Waals surface area contributed by atoms with E-state index in [0.717, 1.165) is 66.0 Å². The molecule has 12 heteroatoms. The largest absolute Gasteiger partial charge is 0.496 e. The number of aliphatic hydroxyl groups is 2. The first-order valence-corrected chi connectivity index (χ1v) is 20.6. The zero-order valence-electron chi connectivity index (χ0n) is 34.5. The molecule has 5 N–H and O–H groups in total. The third-order valence-electron chi connectivity index (χ3n) is 15.9. The van der Waals surface area contributed by atoms with E-state index in [-0.39, 0.29) is 23.4 Å². The first-order chi connectivity index (χ1) is 26.8. The number of para-hydroxylation sites is 1. The second-order valence-electron chi connectivity index (χ2n) is 17.9. The third-order valence-corrected chi connectivity index (χ3v) is 15.9. The van der Waals surface area contributed by atoms with Gasteiger partial charge >= 0.3 is 11.9 Å². The van der Waals surface area contributed by atoms with E-state index < -0.39 is 45.4 Å². The van der Waals surface area contributed by atoms with Crippen molar-refractivity contribution in [3.8, 4) is 5.75 Å². The van der Waals surface area contributed by atoms with Crippen LogP contribution in [0.2, 0.25) is 0 Å². The normalized spacial score (nSPS) is 37.8. The number of hydrogen-bond donors (Lipinski definition) is 3. The molecule has 2 saturated heterocycles. The van der Waals surface area contributed by atoms with Gasteiger partial charge in [0.1, 0.15) is 11.2 Å². The molecule has 5 aliphatic heterocycles. The number of hydrogen-bond acceptors (Lipinski definition) is 10. The molecule has 12 nitrogen and oxygen atoms in total. The molecule has 1 aliphatic carbocycles. The van der Waals surface area contributed by atoms with Gasteiger partial charge < -0.3 is 39.8 Å². The van der Waals surface area contributed by atoms with E-state index in [1.165, 1.54) is 14.2 Å². The van der Waals surface area contributed by atoms with Crippen LogP contribution in [0.1, 0.15) is 75.3 Å². The van der Waals surface area contributed by atoms with Crippen molar-refractivity contribution in [1.29, 1.82) is 0 Å². The second-order valence-corrected chi connectivity index (χ2v) is 17.9. The summed E-state index contributed by atoms with van der Waals surface area (Å²) in [6, 6.07) is 11.8. The van der Waals surface area contributed by atoms with E-state index in [2.05, 4.69) is 57.0 Å². The number of nitrogens with zero attached hydrogens (tertiary/aromatic N) is 3. The van der Waals surface area contributed by atoms with E-state index >= 15 is 4.79 Å². The summed E-state index contributed by atoms with van der Waals surface area (Å²) in [5.74, 6) is -0.979. The Balaban J connectivity index is 0.00000455. The molecule has 57 heavy (non-hydrogen) atoms. The molecule has 1 saturated carbocycles. The van der Waals surface area contributed by atoms with Crippen LogP contribution in [0, 0.1) is 17.3 Å². The fraction of sp³-hybridized carbons (Fsp3) is 0.600. The SMILES string of the molecule is CC[C@]1(O)C[C@@H]2CN(CCc3c([nH]c4ccccc34)[C@@](C(=O)OC)(c3cc4c(cc3OC)N(C)[C@H]3[C@@](O)(C(=O)OC)[C@H](C)[C@]5(CC)C=CCN6CC[C@]43[C@@H]65)C2)C1.O. The number of fused-ring (bicyclic) bond motifs is 6. The zero-order valence-corrected chi connectivity index (χ0v) is 34.5. The number of esters is 2. The number of likely N-dealkylation sites (N-methyl/N-ethyl adjacent to an activating group) is 1. The van der Waals surface area contributed by atoms with Crippen LogP contribution in [0.15, 0.2) is 48.6 Å². The average molecular weight is 785 g/mol. The monoisotopic (exact) mass is 784 g/mol. The van der Waals surface area contributed by atoms with Crippen LogP contribution >= 0.6 is 0 Å². The van der Waals surface area contributed by atoms with Crippen LogP contribution < -0.4 is 9.64 Å². The van der Waals surface area contributed by atoms with Crippen molar-refractivity contribution in [1.82, 2.24) is 14.8 Å². The van der Waals surface area contributed by atoms with Crippen LogP contribution in [0.25, 0.3) is 10.9 Å². The molecule has 2 bridgehead atoms. The molecule has 3 aromatic rings. The highest BCUT2D eigenvalue weighted by Crippen LogP contribution is 2.69. The van der Waals surface area contributed by atoms with Crippen LogP contribution in [-0.4, -0.2) is 127 Å². The van der Waals surface area contributed by atoms with Crippen LogP contribution in [-0.2, 0) is 36.3 Å². The maximum Gasteiger partial charge on any atom is 0.340 e. The number of anilines is 1. The average Bonchev–Trinajstić information content (AvgIpc) is 3.87. The summed E-state index contributed by atoms with van der Waals surface area (Å²) in [7, 11) is 6.46. The minimum Gasteiger partial charge on any atom is -0.496 e. The molecule has 0 radical (unpaired) electrons. The van der Waals surface area contributed by atoms with Gasteiger partial charge in [-0.15, -0.1) is 0 Å². The molecule has 1 aromatic heterocycles. The second kappa shape index (κ2) is 13.6. The minimum absolute atomic E-state index is 0. The highest BCUT2D eigenvalue weighted by atomic mass is 16.5. The number of nitrogens with one attached hydrogen (secondary N) is 1. The van der Waals surface area contributed by atoms with E-state index in [9.17, 15) is 15.0 Å². The maximum absolute atomic E-state index is 15.3. The first kappa shape index (κ1) is 39.9. The molecule has 9 rings (SSSR count). The van der Waals surface area contributed by atoms with E-state index in [0.29, 0.717) is 50.0 Å². The lowest BCUT2D eigenvalue weighted by Gasteiger charge is -2.64. The number of aromatic amines is 1. The maximum atomic E-state index is 15.3. The van der Waals surface area contributed by atoms with E-state index in [1.54, 1.807) is 7.11 Å². The minimum atomic E-state index is -1.85. The molecule has 3 fully saturated rings. The molecule has 1 spiro atoms. The Morgan fingerprint density at radius 3 is 2.42 bits per heavy atom. The van der Waals surface area contributed by atoms with Crippen molar-refractivity contribution in [2.75, 3.05) is 66.0 Å². The molecule has 10 atom stereocenters. The zero-order chi connectivity index (χ0) is 39.6. The number of benzene rings is 2. The number of H-pyrrole nitrogens is 1. The highest BCUT2D eigenvalue weighted by molar-refractivity contribution is 5.94. The fourth-order valence-corrected chi connectivity index (χ4v) is 13.6. The number of methoxy groups -OCH3 is 3. The van der Waals surface area contributed by atoms with Gasteiger partial charge in [0, 0.05) is 89.9 Å². The molecule has 308 valence electrons. The van der Waals surface area contributed by atoms with Crippen LogP contribution in [0.3, 0.4) is 0 Å². The predicted octanol–water partition coefficient (Wildman–Crippen LogP) is 3.87. The van der Waals surface area contributed by atoms with Gasteiger partial charge in [-0.25, -0.2) is 4.79 Å². The Labute approximate surface area is 335 Å². The van der Waals surface area contributed by atoms with Gasteiger partial charge in [0.2, 0.25) is 0 Å². The highest BCUT2D eigenvalue weighted by Gasteiger charge is 2.78. The molecule has 6 aliphatic rings. The standard InChI is InChI=1S/C45H58N4O7.H2O/c1-8-41(52)23-28-24-44(39(50)55-6,36-30(15-19-48(25-28)26-41)29-13-10-11-14-33(29)46-36)32-21-31-34(22-35(32)54-5)47(4)38-43(31)17-20-49-18-12-16-42(9-2,37(43)49)27(3)45(38,53)40(51)56-7;/h10-14,16,21-22,27-28,37-38,46,52-53H,8-9,15,17-20,23-26H2,1-7H3;1H2/t27-,28+,37+,38-,41+,42+,43-,44+,45-;/m1./s1. The molecule has 2 aromatic carbocycles. The van der Waals surface area contributed by atoms with Gasteiger partial charge in [-0.2, -0.15) is 0 Å². The topological polar surface area (TPSA) is 159 Å². The molecule has 6 heterocycles. The summed E-state index contributed by atoms with van der Waals surface area (Å²) in [5.41, 5.74) is 0.0814. The lowest BCUT2D eigenvalue weighted by Crippen LogP contribution is -2.78. The lowest BCUT2D eigenvalue weighted by molar-refractivity contribution is -0.197. The molecule has 0 amide bonds. The van der Waals surface area contributed by atoms with Crippen molar-refractivity contribution in [3.63, 3.8) is 0 Å². The number of ether oxygens (including phenoxy) is 3. The quantitative estimate of drug-likeness (QED) is 0.248. The third kappa shape index (κ3) is 4.97. The number of piperidine rings is 1. The summed E-state index contributed by atoms with van der Waals surface area (Å²) >= 11 is 0. The number of rotatable bonds is 6. The Hall–Kier alpha value is -3.94. The van der Waals surface area contributed by atoms with Gasteiger partial charge in [-0.1, -0.05) is 51.1 Å². The Morgan fingerprint density at radius 2 is 1.72 bits per heavy atom. The van der Waals surface area contributed by atoms with Gasteiger partial charge in [0.25, 0.3) is 0 Å². The summed E-state index contributed by atoms with van der Waals surface area (Å²) in [6.07, 6.45) is 8.16. The summed E-state index contributed by atoms with van der Waals surface area (Å²) in [6.45, 7) is 9.90.